The predicted octanol–water partition coefficient (Wildman–Crippen LogP) is 2.79. The number of alkyl carbamates (subject to hydrolysis) is 1. The number of carbonyl (C=O) groups excluding carboxylic acids is 2. The fourth-order valence-electron chi connectivity index (χ4n) is 1.58. The number of benzene rings is 1. The average molecular weight is 279 g/mol. The smallest absolute Gasteiger partial charge is 0.408 e. The number of ether oxygens (including phenoxy) is 2. The lowest BCUT2D eigenvalue weighted by Gasteiger charge is -2.21. The highest BCUT2D eigenvalue weighted by atomic mass is 16.6. The van der Waals surface area contributed by atoms with Crippen molar-refractivity contribution in [1.82, 2.24) is 5.32 Å². The van der Waals surface area contributed by atoms with Crippen molar-refractivity contribution in [2.75, 3.05) is 7.11 Å². The Labute approximate surface area is 119 Å². The Bertz CT molecular complexity index is 491. The van der Waals surface area contributed by atoms with Crippen molar-refractivity contribution in [2.45, 2.75) is 39.3 Å². The number of methoxy groups -OCH3 is 1. The summed E-state index contributed by atoms with van der Waals surface area (Å²) in [7, 11) is 1.53. The fraction of sp³-hybridized carbons (Fsp3) is 0.467. The second-order valence-electron chi connectivity index (χ2n) is 5.46. The Morgan fingerprint density at radius 3 is 2.45 bits per heavy atom. The summed E-state index contributed by atoms with van der Waals surface area (Å²) < 4.78 is 10.2. The molecule has 0 unspecified atom stereocenters. The zero-order valence-electron chi connectivity index (χ0n) is 12.5. The van der Waals surface area contributed by atoms with E-state index >= 15 is 0 Å². The first-order valence-corrected chi connectivity index (χ1v) is 6.40. The molecule has 5 nitrogen and oxygen atoms in total. The van der Waals surface area contributed by atoms with Crippen LogP contribution in [0, 0.1) is 0 Å². The van der Waals surface area contributed by atoms with Gasteiger partial charge in [0.25, 0.3) is 0 Å². The molecule has 0 heterocycles. The van der Waals surface area contributed by atoms with Gasteiger partial charge < -0.3 is 14.8 Å². The van der Waals surface area contributed by atoms with Crippen LogP contribution >= 0.6 is 0 Å². The van der Waals surface area contributed by atoms with Gasteiger partial charge in [-0.05, 0) is 39.8 Å². The Balaban J connectivity index is 2.69. The second-order valence-corrected chi connectivity index (χ2v) is 5.46. The minimum atomic E-state index is -0.669. The molecule has 0 aliphatic rings. The van der Waals surface area contributed by atoms with Crippen LogP contribution in [0.15, 0.2) is 24.3 Å². The summed E-state index contributed by atoms with van der Waals surface area (Å²) in [4.78, 5) is 23.8. The van der Waals surface area contributed by atoms with E-state index in [4.69, 9.17) is 9.47 Å². The minimum Gasteiger partial charge on any atom is -0.497 e. The van der Waals surface area contributed by atoms with E-state index in [1.54, 1.807) is 52.0 Å². The fourth-order valence-corrected chi connectivity index (χ4v) is 1.58. The maximum atomic E-state index is 12.2. The minimum absolute atomic E-state index is 0.199. The summed E-state index contributed by atoms with van der Waals surface area (Å²) in [5, 5.41) is 2.52. The van der Waals surface area contributed by atoms with Crippen molar-refractivity contribution in [2.24, 2.45) is 0 Å². The third-order valence-corrected chi connectivity index (χ3v) is 2.48. The Morgan fingerprint density at radius 1 is 1.25 bits per heavy atom. The van der Waals surface area contributed by atoms with Gasteiger partial charge in [-0.1, -0.05) is 12.1 Å². The lowest BCUT2D eigenvalue weighted by atomic mass is 10.1. The van der Waals surface area contributed by atoms with Crippen molar-refractivity contribution >= 4 is 11.9 Å². The zero-order chi connectivity index (χ0) is 15.3. The largest absolute Gasteiger partial charge is 0.497 e. The summed E-state index contributed by atoms with van der Waals surface area (Å²) in [5.74, 6) is 0.398. The molecule has 0 saturated heterocycles. The number of Topliss-reactive ketones (excluding diaryl/α,β-unsaturated/α-hetero) is 1. The van der Waals surface area contributed by atoms with Crippen LogP contribution in [0.4, 0.5) is 4.79 Å². The standard InChI is InChI=1S/C15H21NO4/c1-10(16-14(18)20-15(2,3)4)13(17)11-7-6-8-12(9-11)19-5/h6-10H,1-5H3,(H,16,18)/t10-/m1/s1. The van der Waals surface area contributed by atoms with Crippen LogP contribution < -0.4 is 10.1 Å². The molecule has 1 rings (SSSR count). The molecule has 1 aromatic rings. The molecule has 20 heavy (non-hydrogen) atoms. The summed E-state index contributed by atoms with van der Waals surface area (Å²) in [6.45, 7) is 6.91. The number of amides is 1. The molecule has 110 valence electrons. The van der Waals surface area contributed by atoms with Crippen LogP contribution in [0.3, 0.4) is 0 Å². The number of nitrogens with one attached hydrogen (secondary N) is 1. The first kappa shape index (κ1) is 16.0. The van der Waals surface area contributed by atoms with Crippen molar-refractivity contribution in [3.05, 3.63) is 29.8 Å². The molecule has 5 heteroatoms. The van der Waals surface area contributed by atoms with Crippen molar-refractivity contribution in [3.8, 4) is 5.75 Å². The molecule has 0 saturated carbocycles. The number of rotatable bonds is 4. The molecular formula is C15H21NO4. The molecule has 0 spiro atoms. The highest BCUT2D eigenvalue weighted by molar-refractivity contribution is 6.01. The van der Waals surface area contributed by atoms with E-state index in [0.29, 0.717) is 11.3 Å². The van der Waals surface area contributed by atoms with Crippen LogP contribution in [0.2, 0.25) is 0 Å². The Kier molecular flexibility index (Phi) is 5.13. The summed E-state index contributed by atoms with van der Waals surface area (Å²) in [6.07, 6.45) is -0.610. The maximum absolute atomic E-state index is 12.2. The Morgan fingerprint density at radius 2 is 1.90 bits per heavy atom. The predicted molar refractivity (Wildman–Crippen MR) is 76.2 cm³/mol. The quantitative estimate of drug-likeness (QED) is 0.861. The topological polar surface area (TPSA) is 64.6 Å². The van der Waals surface area contributed by atoms with Gasteiger partial charge in [0.15, 0.2) is 5.78 Å². The first-order chi connectivity index (χ1) is 9.23. The van der Waals surface area contributed by atoms with Crippen LogP contribution in [-0.4, -0.2) is 30.6 Å². The molecule has 0 aliphatic heterocycles. The molecule has 1 atom stereocenters. The molecule has 0 aromatic heterocycles. The van der Waals surface area contributed by atoms with Gasteiger partial charge in [0.05, 0.1) is 13.2 Å². The van der Waals surface area contributed by atoms with Crippen LogP contribution in [0.1, 0.15) is 38.1 Å². The van der Waals surface area contributed by atoms with Gasteiger partial charge in [-0.2, -0.15) is 0 Å². The van der Waals surface area contributed by atoms with Gasteiger partial charge in [-0.25, -0.2) is 4.79 Å². The number of hydrogen-bond donors (Lipinski definition) is 1. The van der Waals surface area contributed by atoms with E-state index in [0.717, 1.165) is 0 Å². The number of carbonyl (C=O) groups is 2. The summed E-state index contributed by atoms with van der Waals surface area (Å²) in [5.41, 5.74) is -0.115. The zero-order valence-corrected chi connectivity index (χ0v) is 12.5. The number of ketones is 1. The average Bonchev–Trinajstić information content (AvgIpc) is 2.35. The van der Waals surface area contributed by atoms with Crippen LogP contribution in [-0.2, 0) is 4.74 Å². The lowest BCUT2D eigenvalue weighted by Crippen LogP contribution is -2.41. The second kappa shape index (κ2) is 6.41. The van der Waals surface area contributed by atoms with E-state index in [-0.39, 0.29) is 5.78 Å². The maximum Gasteiger partial charge on any atom is 0.408 e. The van der Waals surface area contributed by atoms with Gasteiger partial charge in [0.1, 0.15) is 11.4 Å². The van der Waals surface area contributed by atoms with Crippen molar-refractivity contribution in [3.63, 3.8) is 0 Å². The summed E-state index contributed by atoms with van der Waals surface area (Å²) in [6, 6.07) is 6.12. The van der Waals surface area contributed by atoms with Gasteiger partial charge in [-0.15, -0.1) is 0 Å². The molecular weight excluding hydrogens is 258 g/mol. The van der Waals surface area contributed by atoms with Gasteiger partial charge in [-0.3, -0.25) is 4.79 Å². The van der Waals surface area contributed by atoms with Gasteiger partial charge >= 0.3 is 6.09 Å². The SMILES string of the molecule is COc1cccc(C(=O)[C@@H](C)NC(=O)OC(C)(C)C)c1. The molecule has 0 fully saturated rings. The normalized spacial score (nSPS) is 12.4. The third-order valence-electron chi connectivity index (χ3n) is 2.48. The van der Waals surface area contributed by atoms with Crippen LogP contribution in [0.5, 0.6) is 5.75 Å². The lowest BCUT2D eigenvalue weighted by molar-refractivity contribution is 0.0497. The molecule has 0 radical (unpaired) electrons. The van der Waals surface area contributed by atoms with E-state index in [9.17, 15) is 9.59 Å². The van der Waals surface area contributed by atoms with Gasteiger partial charge in [0.2, 0.25) is 0 Å². The highest BCUT2D eigenvalue weighted by Crippen LogP contribution is 2.14. The van der Waals surface area contributed by atoms with E-state index in [2.05, 4.69) is 5.32 Å². The monoisotopic (exact) mass is 279 g/mol. The first-order valence-electron chi connectivity index (χ1n) is 6.40. The summed E-state index contributed by atoms with van der Waals surface area (Å²) >= 11 is 0. The highest BCUT2D eigenvalue weighted by Gasteiger charge is 2.22. The molecule has 1 aromatic carbocycles. The van der Waals surface area contributed by atoms with E-state index in [1.807, 2.05) is 0 Å². The molecule has 0 bridgehead atoms. The van der Waals surface area contributed by atoms with E-state index in [1.165, 1.54) is 7.11 Å². The number of hydrogen-bond acceptors (Lipinski definition) is 4. The van der Waals surface area contributed by atoms with E-state index < -0.39 is 17.7 Å². The van der Waals surface area contributed by atoms with Gasteiger partial charge in [0, 0.05) is 5.56 Å². The van der Waals surface area contributed by atoms with Crippen LogP contribution in [0.25, 0.3) is 0 Å². The van der Waals surface area contributed by atoms with Crippen molar-refractivity contribution in [1.29, 1.82) is 0 Å². The third kappa shape index (κ3) is 4.91. The Hall–Kier alpha value is -2.04. The molecule has 0 aliphatic carbocycles. The van der Waals surface area contributed by atoms with Crippen molar-refractivity contribution < 1.29 is 19.1 Å². The molecule has 1 amide bonds. The molecule has 1 N–H and O–H groups in total.